The molecule has 0 unspecified atom stereocenters. The van der Waals surface area contributed by atoms with Gasteiger partial charge >= 0.3 is 12.6 Å². The molecule has 0 saturated heterocycles. The van der Waals surface area contributed by atoms with E-state index >= 15 is 0 Å². The molecule has 7 nitrogen and oxygen atoms in total. The van der Waals surface area contributed by atoms with Gasteiger partial charge in [0.25, 0.3) is 0 Å². The zero-order chi connectivity index (χ0) is 28.4. The first kappa shape index (κ1) is 27.0. The van der Waals surface area contributed by atoms with Crippen LogP contribution in [0, 0.1) is 5.82 Å². The number of nitrogens with zero attached hydrogens (tertiary/aromatic N) is 3. The molecule has 0 aliphatic carbocycles. The number of benzene rings is 3. The van der Waals surface area contributed by atoms with Crippen molar-refractivity contribution in [3.05, 3.63) is 106 Å². The number of aromatic carboxylic acids is 1. The molecule has 0 aliphatic heterocycles. The Bertz CT molecular complexity index is 1710. The fourth-order valence-corrected chi connectivity index (χ4v) is 4.35. The summed E-state index contributed by atoms with van der Waals surface area (Å²) in [5, 5.41) is 9.67. The molecule has 0 aliphatic rings. The molecule has 11 heteroatoms. The maximum atomic E-state index is 14.0. The van der Waals surface area contributed by atoms with Gasteiger partial charge in [0.15, 0.2) is 5.75 Å². The van der Waals surface area contributed by atoms with Gasteiger partial charge in [-0.3, -0.25) is 0 Å². The number of imidazole rings is 1. The Kier molecular flexibility index (Phi) is 7.61. The van der Waals surface area contributed by atoms with Gasteiger partial charge in [-0.1, -0.05) is 48.0 Å². The first-order valence-corrected chi connectivity index (χ1v) is 12.4. The normalized spacial score (nSPS) is 11.2. The zero-order valence-electron chi connectivity index (χ0n) is 20.9. The summed E-state index contributed by atoms with van der Waals surface area (Å²) < 4.78 is 51.8. The van der Waals surface area contributed by atoms with Crippen LogP contribution in [0.3, 0.4) is 0 Å². The number of hydrogen-bond donors (Lipinski definition) is 1. The third-order valence-corrected chi connectivity index (χ3v) is 6.47. The van der Waals surface area contributed by atoms with E-state index in [4.69, 9.17) is 16.3 Å². The lowest BCUT2D eigenvalue weighted by Crippen LogP contribution is -2.05. The highest BCUT2D eigenvalue weighted by atomic mass is 35.5. The van der Waals surface area contributed by atoms with E-state index in [9.17, 15) is 23.1 Å². The molecule has 0 amide bonds. The highest BCUT2D eigenvalue weighted by molar-refractivity contribution is 6.30. The molecular formula is C29H21ClF3N3O4. The first-order chi connectivity index (χ1) is 19.2. The summed E-state index contributed by atoms with van der Waals surface area (Å²) >= 11 is 5.80. The third-order valence-electron chi connectivity index (χ3n) is 6.23. The number of rotatable bonds is 9. The predicted octanol–water partition coefficient (Wildman–Crippen LogP) is 6.90. The van der Waals surface area contributed by atoms with Crippen molar-refractivity contribution in [1.82, 2.24) is 14.5 Å². The second kappa shape index (κ2) is 11.3. The number of aryl methyl sites for hydroxylation is 1. The molecule has 2 aromatic heterocycles. The van der Waals surface area contributed by atoms with E-state index < -0.39 is 18.4 Å². The van der Waals surface area contributed by atoms with Crippen molar-refractivity contribution in [2.75, 3.05) is 0 Å². The Morgan fingerprint density at radius 2 is 1.82 bits per heavy atom. The van der Waals surface area contributed by atoms with E-state index in [0.717, 1.165) is 17.2 Å². The highest BCUT2D eigenvalue weighted by Gasteiger charge is 2.19. The van der Waals surface area contributed by atoms with Crippen LogP contribution >= 0.6 is 11.6 Å². The van der Waals surface area contributed by atoms with E-state index in [1.165, 1.54) is 12.1 Å². The van der Waals surface area contributed by atoms with Gasteiger partial charge in [0.1, 0.15) is 23.8 Å². The standard InChI is InChI=1S/C29H21ClF3N3O4/c1-36-23-12-19(28(37)38)13-24(40-29(32)33)27(23)35-25(36)11-16-5-7-17(8-6-16)22-3-2-4-26(34-22)39-15-18-9-10-20(30)14-21(18)31/h2-10,12-14,29H,11,15H2,1H3,(H,37,38). The van der Waals surface area contributed by atoms with Gasteiger partial charge in [0.2, 0.25) is 5.88 Å². The molecule has 204 valence electrons. The van der Waals surface area contributed by atoms with E-state index in [0.29, 0.717) is 39.9 Å². The smallest absolute Gasteiger partial charge is 0.387 e. The summed E-state index contributed by atoms with van der Waals surface area (Å²) in [6.45, 7) is -3.13. The van der Waals surface area contributed by atoms with Gasteiger partial charge in [-0.15, -0.1) is 0 Å². The molecule has 5 aromatic rings. The Morgan fingerprint density at radius 3 is 2.52 bits per heavy atom. The average Bonchev–Trinajstić information content (AvgIpc) is 3.23. The molecule has 3 aromatic carbocycles. The number of fused-ring (bicyclic) bond motifs is 1. The monoisotopic (exact) mass is 567 g/mol. The number of alkyl halides is 2. The molecule has 0 saturated carbocycles. The lowest BCUT2D eigenvalue weighted by atomic mass is 10.1. The van der Waals surface area contributed by atoms with Crippen molar-refractivity contribution in [2.24, 2.45) is 7.05 Å². The third kappa shape index (κ3) is 5.86. The van der Waals surface area contributed by atoms with Crippen LogP contribution in [0.4, 0.5) is 13.2 Å². The van der Waals surface area contributed by atoms with Crippen molar-refractivity contribution in [3.8, 4) is 22.9 Å². The average molecular weight is 568 g/mol. The first-order valence-electron chi connectivity index (χ1n) is 12.0. The molecule has 0 atom stereocenters. The van der Waals surface area contributed by atoms with Crippen LogP contribution in [-0.2, 0) is 20.1 Å². The fraction of sp³-hybridized carbons (Fsp3) is 0.138. The molecule has 0 fully saturated rings. The summed E-state index contributed by atoms with van der Waals surface area (Å²) in [6, 6.07) is 19.6. The van der Waals surface area contributed by atoms with Gasteiger partial charge in [-0.25, -0.2) is 19.2 Å². The Hall–Kier alpha value is -4.57. The minimum Gasteiger partial charge on any atom is -0.478 e. The second-order valence-electron chi connectivity index (χ2n) is 8.87. The zero-order valence-corrected chi connectivity index (χ0v) is 21.7. The number of pyridine rings is 1. The van der Waals surface area contributed by atoms with E-state index in [2.05, 4.69) is 14.7 Å². The molecule has 0 spiro atoms. The number of ether oxygens (including phenoxy) is 2. The van der Waals surface area contributed by atoms with Crippen LogP contribution in [0.2, 0.25) is 5.02 Å². The van der Waals surface area contributed by atoms with Gasteiger partial charge in [-0.05, 0) is 35.9 Å². The maximum absolute atomic E-state index is 14.0. The summed E-state index contributed by atoms with van der Waals surface area (Å²) in [6.07, 6.45) is 0.352. The van der Waals surface area contributed by atoms with Crippen LogP contribution in [0.1, 0.15) is 27.3 Å². The quantitative estimate of drug-likeness (QED) is 0.209. The van der Waals surface area contributed by atoms with Crippen LogP contribution in [-0.4, -0.2) is 32.2 Å². The van der Waals surface area contributed by atoms with Gasteiger partial charge < -0.3 is 19.1 Å². The van der Waals surface area contributed by atoms with Crippen LogP contribution < -0.4 is 9.47 Å². The molecule has 40 heavy (non-hydrogen) atoms. The van der Waals surface area contributed by atoms with E-state index in [1.54, 1.807) is 35.9 Å². The number of carboxylic acids is 1. The molecule has 2 heterocycles. The number of aromatic nitrogens is 3. The Labute approximate surface area is 231 Å². The summed E-state index contributed by atoms with van der Waals surface area (Å²) in [7, 11) is 1.68. The van der Waals surface area contributed by atoms with Crippen molar-refractivity contribution in [3.63, 3.8) is 0 Å². The van der Waals surface area contributed by atoms with Crippen molar-refractivity contribution in [2.45, 2.75) is 19.6 Å². The summed E-state index contributed by atoms with van der Waals surface area (Å²) in [5.41, 5.74) is 3.03. The van der Waals surface area contributed by atoms with Gasteiger partial charge in [0.05, 0.1) is 16.8 Å². The lowest BCUT2D eigenvalue weighted by molar-refractivity contribution is -0.0489. The highest BCUT2D eigenvalue weighted by Crippen LogP contribution is 2.30. The van der Waals surface area contributed by atoms with Gasteiger partial charge in [0, 0.05) is 35.7 Å². The lowest BCUT2D eigenvalue weighted by Gasteiger charge is -2.09. The largest absolute Gasteiger partial charge is 0.478 e. The molecule has 0 radical (unpaired) electrons. The maximum Gasteiger partial charge on any atom is 0.387 e. The van der Waals surface area contributed by atoms with Crippen LogP contribution in [0.15, 0.2) is 72.8 Å². The Balaban J connectivity index is 1.34. The van der Waals surface area contributed by atoms with E-state index in [1.807, 2.05) is 30.3 Å². The molecular weight excluding hydrogens is 547 g/mol. The van der Waals surface area contributed by atoms with Gasteiger partial charge in [-0.2, -0.15) is 8.78 Å². The topological polar surface area (TPSA) is 86.5 Å². The fourth-order valence-electron chi connectivity index (χ4n) is 4.19. The van der Waals surface area contributed by atoms with Crippen molar-refractivity contribution >= 4 is 28.6 Å². The minimum absolute atomic E-state index is 0.00552. The SMILES string of the molecule is Cn1c(Cc2ccc(-c3cccc(OCc4ccc(Cl)cc4F)n3)cc2)nc2c(OC(F)F)cc(C(=O)O)cc21. The van der Waals surface area contributed by atoms with Crippen LogP contribution in [0.5, 0.6) is 11.6 Å². The van der Waals surface area contributed by atoms with Crippen LogP contribution in [0.25, 0.3) is 22.3 Å². The number of carbonyl (C=O) groups is 1. The summed E-state index contributed by atoms with van der Waals surface area (Å²) in [5.74, 6) is -1.15. The second-order valence-corrected chi connectivity index (χ2v) is 9.31. The summed E-state index contributed by atoms with van der Waals surface area (Å²) in [4.78, 5) is 20.4. The predicted molar refractivity (Wildman–Crippen MR) is 143 cm³/mol. The van der Waals surface area contributed by atoms with Crippen molar-refractivity contribution in [1.29, 1.82) is 0 Å². The molecule has 0 bridgehead atoms. The van der Waals surface area contributed by atoms with Crippen molar-refractivity contribution < 1.29 is 32.5 Å². The number of carboxylic acid groups (broad SMARTS) is 1. The van der Waals surface area contributed by atoms with E-state index in [-0.39, 0.29) is 23.4 Å². The molecule has 1 N–H and O–H groups in total. The minimum atomic E-state index is -3.12. The number of hydrogen-bond acceptors (Lipinski definition) is 5. The Morgan fingerprint density at radius 1 is 1.05 bits per heavy atom. The molecule has 5 rings (SSSR count). The number of halogens is 4.